The number of likely N-dealkylation sites (tertiary alicyclic amines) is 1. The summed E-state index contributed by atoms with van der Waals surface area (Å²) < 4.78 is 5.12. The zero-order chi connectivity index (χ0) is 20.3. The second kappa shape index (κ2) is 8.40. The molecule has 1 atom stereocenters. The summed E-state index contributed by atoms with van der Waals surface area (Å²) in [7, 11) is 1.55. The van der Waals surface area contributed by atoms with Gasteiger partial charge in [0.05, 0.1) is 18.2 Å². The Hall–Kier alpha value is -2.92. The zero-order valence-corrected chi connectivity index (χ0v) is 16.4. The summed E-state index contributed by atoms with van der Waals surface area (Å²) in [6, 6.07) is 16.0. The Morgan fingerprint density at radius 2 is 1.71 bits per heavy atom. The highest BCUT2D eigenvalue weighted by Gasteiger charge is 2.45. The van der Waals surface area contributed by atoms with Gasteiger partial charge in [0, 0.05) is 19.2 Å². The van der Waals surface area contributed by atoms with Crippen LogP contribution >= 0.6 is 0 Å². The maximum Gasteiger partial charge on any atom is 0.295 e. The maximum absolute atomic E-state index is 12.8. The van der Waals surface area contributed by atoms with E-state index in [0.717, 1.165) is 5.56 Å². The average molecular weight is 379 g/mol. The van der Waals surface area contributed by atoms with Crippen LogP contribution in [-0.2, 0) is 14.3 Å². The lowest BCUT2D eigenvalue weighted by molar-refractivity contribution is -0.140. The number of ketones is 1. The van der Waals surface area contributed by atoms with Gasteiger partial charge in [0.2, 0.25) is 0 Å². The van der Waals surface area contributed by atoms with Gasteiger partial charge in [-0.15, -0.1) is 0 Å². The number of hydrogen-bond acceptors (Lipinski definition) is 4. The molecule has 2 aromatic rings. The van der Waals surface area contributed by atoms with Crippen LogP contribution in [0.1, 0.15) is 42.5 Å². The van der Waals surface area contributed by atoms with Crippen molar-refractivity contribution in [2.75, 3.05) is 20.3 Å². The van der Waals surface area contributed by atoms with Gasteiger partial charge in [0.15, 0.2) is 0 Å². The molecule has 0 aliphatic carbocycles. The number of hydrogen-bond donors (Lipinski definition) is 1. The van der Waals surface area contributed by atoms with Crippen molar-refractivity contribution >= 4 is 17.4 Å². The summed E-state index contributed by atoms with van der Waals surface area (Å²) in [5, 5.41) is 10.9. The fraction of sp³-hybridized carbons (Fsp3) is 0.304. The Morgan fingerprint density at radius 1 is 1.07 bits per heavy atom. The molecule has 1 fully saturated rings. The minimum atomic E-state index is -0.671. The third-order valence-electron chi connectivity index (χ3n) is 5.04. The number of methoxy groups -OCH3 is 1. The Bertz CT molecular complexity index is 885. The molecule has 0 radical (unpaired) electrons. The average Bonchev–Trinajstić information content (AvgIpc) is 2.97. The van der Waals surface area contributed by atoms with E-state index >= 15 is 0 Å². The van der Waals surface area contributed by atoms with Crippen LogP contribution in [0.5, 0.6) is 0 Å². The number of ether oxygens (including phenoxy) is 1. The Labute approximate surface area is 165 Å². The molecule has 3 rings (SSSR count). The second-order valence-electron chi connectivity index (χ2n) is 7.17. The topological polar surface area (TPSA) is 66.8 Å². The SMILES string of the molecule is COCCN1C(=O)C(=O)C(=C(O)c2ccccc2)[C@@H]1c1ccc(C(C)C)cc1. The first kappa shape index (κ1) is 19.8. The highest BCUT2D eigenvalue weighted by molar-refractivity contribution is 6.46. The van der Waals surface area contributed by atoms with Crippen LogP contribution in [0.3, 0.4) is 0 Å². The minimum absolute atomic E-state index is 0.115. The molecule has 5 heteroatoms. The molecule has 0 aromatic heterocycles. The van der Waals surface area contributed by atoms with Gasteiger partial charge in [-0.25, -0.2) is 0 Å². The lowest BCUT2D eigenvalue weighted by Crippen LogP contribution is -2.32. The summed E-state index contributed by atoms with van der Waals surface area (Å²) in [6.45, 7) is 4.78. The largest absolute Gasteiger partial charge is 0.507 e. The van der Waals surface area contributed by atoms with Crippen LogP contribution in [0, 0.1) is 0 Å². The summed E-state index contributed by atoms with van der Waals surface area (Å²) in [4.78, 5) is 27.0. The fourth-order valence-corrected chi connectivity index (χ4v) is 3.46. The highest BCUT2D eigenvalue weighted by Crippen LogP contribution is 2.39. The molecule has 0 saturated carbocycles. The first-order chi connectivity index (χ1) is 13.5. The Kier molecular flexibility index (Phi) is 5.95. The van der Waals surface area contributed by atoms with E-state index in [-0.39, 0.29) is 17.9 Å². The predicted molar refractivity (Wildman–Crippen MR) is 108 cm³/mol. The molecule has 1 aliphatic heterocycles. The van der Waals surface area contributed by atoms with Gasteiger partial charge in [-0.3, -0.25) is 9.59 Å². The first-order valence-corrected chi connectivity index (χ1v) is 9.38. The van der Waals surface area contributed by atoms with Gasteiger partial charge in [0.1, 0.15) is 5.76 Å². The van der Waals surface area contributed by atoms with E-state index in [9.17, 15) is 14.7 Å². The zero-order valence-electron chi connectivity index (χ0n) is 16.4. The minimum Gasteiger partial charge on any atom is -0.507 e. The summed E-state index contributed by atoms with van der Waals surface area (Å²) in [5.41, 5.74) is 2.58. The quantitative estimate of drug-likeness (QED) is 0.470. The molecule has 1 heterocycles. The van der Waals surface area contributed by atoms with E-state index in [0.29, 0.717) is 18.1 Å². The fourth-order valence-electron chi connectivity index (χ4n) is 3.46. The van der Waals surface area contributed by atoms with Crippen molar-refractivity contribution < 1.29 is 19.4 Å². The predicted octanol–water partition coefficient (Wildman–Crippen LogP) is 3.88. The molecular weight excluding hydrogens is 354 g/mol. The van der Waals surface area contributed by atoms with Gasteiger partial charge in [0.25, 0.3) is 11.7 Å². The molecule has 0 bridgehead atoms. The van der Waals surface area contributed by atoms with Gasteiger partial charge >= 0.3 is 0 Å². The molecule has 2 aromatic carbocycles. The number of rotatable bonds is 6. The molecule has 0 unspecified atom stereocenters. The monoisotopic (exact) mass is 379 g/mol. The molecule has 1 amide bonds. The number of nitrogens with zero attached hydrogens (tertiary/aromatic N) is 1. The number of carbonyl (C=O) groups excluding carboxylic acids is 2. The van der Waals surface area contributed by atoms with Crippen LogP contribution in [0.25, 0.3) is 5.76 Å². The smallest absolute Gasteiger partial charge is 0.295 e. The molecule has 28 heavy (non-hydrogen) atoms. The van der Waals surface area contributed by atoms with Crippen LogP contribution in [0.2, 0.25) is 0 Å². The van der Waals surface area contributed by atoms with E-state index in [1.54, 1.807) is 31.4 Å². The molecule has 1 N–H and O–H groups in total. The molecule has 146 valence electrons. The van der Waals surface area contributed by atoms with Crippen LogP contribution in [-0.4, -0.2) is 42.0 Å². The summed E-state index contributed by atoms with van der Waals surface area (Å²) >= 11 is 0. The summed E-state index contributed by atoms with van der Waals surface area (Å²) in [5.74, 6) is -1.07. The van der Waals surface area contributed by atoms with Crippen molar-refractivity contribution in [3.8, 4) is 0 Å². The van der Waals surface area contributed by atoms with Crippen molar-refractivity contribution in [2.45, 2.75) is 25.8 Å². The standard InChI is InChI=1S/C23H25NO4/c1-15(2)16-9-11-17(12-10-16)20-19(21(25)18-7-5-4-6-8-18)22(26)23(27)24(20)13-14-28-3/h4-12,15,20,25H,13-14H2,1-3H3/t20-/m0/s1. The molecule has 0 spiro atoms. The van der Waals surface area contributed by atoms with Crippen LogP contribution in [0.4, 0.5) is 0 Å². The molecule has 1 aliphatic rings. The number of aliphatic hydroxyl groups excluding tert-OH is 1. The maximum atomic E-state index is 12.8. The van der Waals surface area contributed by atoms with E-state index in [1.807, 2.05) is 30.3 Å². The van der Waals surface area contributed by atoms with Crippen molar-refractivity contribution in [3.05, 3.63) is 76.9 Å². The van der Waals surface area contributed by atoms with E-state index in [1.165, 1.54) is 10.5 Å². The Balaban J connectivity index is 2.12. The van der Waals surface area contributed by atoms with E-state index < -0.39 is 17.7 Å². The third-order valence-corrected chi connectivity index (χ3v) is 5.04. The lowest BCUT2D eigenvalue weighted by atomic mass is 9.93. The Morgan fingerprint density at radius 3 is 2.29 bits per heavy atom. The molecular formula is C23H25NO4. The van der Waals surface area contributed by atoms with Gasteiger partial charge < -0.3 is 14.7 Å². The van der Waals surface area contributed by atoms with Crippen molar-refractivity contribution in [1.82, 2.24) is 4.90 Å². The first-order valence-electron chi connectivity index (χ1n) is 9.38. The normalized spacial score (nSPS) is 18.9. The number of amides is 1. The lowest BCUT2D eigenvalue weighted by Gasteiger charge is -2.25. The van der Waals surface area contributed by atoms with Crippen LogP contribution in [0.15, 0.2) is 60.2 Å². The number of carbonyl (C=O) groups is 2. The second-order valence-corrected chi connectivity index (χ2v) is 7.17. The van der Waals surface area contributed by atoms with Crippen molar-refractivity contribution in [2.24, 2.45) is 0 Å². The van der Waals surface area contributed by atoms with Crippen molar-refractivity contribution in [3.63, 3.8) is 0 Å². The van der Waals surface area contributed by atoms with E-state index in [2.05, 4.69) is 13.8 Å². The van der Waals surface area contributed by atoms with Crippen molar-refractivity contribution in [1.29, 1.82) is 0 Å². The van der Waals surface area contributed by atoms with Gasteiger partial charge in [-0.2, -0.15) is 0 Å². The van der Waals surface area contributed by atoms with E-state index in [4.69, 9.17) is 4.74 Å². The van der Waals surface area contributed by atoms with Gasteiger partial charge in [-0.1, -0.05) is 68.4 Å². The number of benzene rings is 2. The molecule has 1 saturated heterocycles. The summed E-state index contributed by atoms with van der Waals surface area (Å²) in [6.07, 6.45) is 0. The van der Waals surface area contributed by atoms with Crippen LogP contribution < -0.4 is 0 Å². The number of aliphatic hydroxyl groups is 1. The highest BCUT2D eigenvalue weighted by atomic mass is 16.5. The third kappa shape index (κ3) is 3.71. The van der Waals surface area contributed by atoms with Gasteiger partial charge in [-0.05, 0) is 17.0 Å². The number of Topliss-reactive ketones (excluding diaryl/α,β-unsaturated/α-hetero) is 1. The molecule has 5 nitrogen and oxygen atoms in total.